The summed E-state index contributed by atoms with van der Waals surface area (Å²) in [5.74, 6) is -1.18. The van der Waals surface area contributed by atoms with E-state index in [0.717, 1.165) is 32.0 Å². The monoisotopic (exact) mass is 280 g/mol. The summed E-state index contributed by atoms with van der Waals surface area (Å²) in [4.78, 5) is 2.08. The third-order valence-electron chi connectivity index (χ3n) is 3.48. The highest BCUT2D eigenvalue weighted by atomic mass is 19.1. The van der Waals surface area contributed by atoms with Crippen molar-refractivity contribution in [2.75, 3.05) is 13.1 Å². The highest BCUT2D eigenvalue weighted by molar-refractivity contribution is 5.24. The van der Waals surface area contributed by atoms with E-state index in [-0.39, 0.29) is 6.42 Å². The molecule has 20 heavy (non-hydrogen) atoms. The van der Waals surface area contributed by atoms with E-state index in [2.05, 4.69) is 24.8 Å². The van der Waals surface area contributed by atoms with Crippen LogP contribution in [0.4, 0.5) is 8.78 Å². The van der Waals surface area contributed by atoms with Crippen LogP contribution in [0.15, 0.2) is 18.2 Å². The molecule has 0 saturated heterocycles. The van der Waals surface area contributed by atoms with E-state index in [1.54, 1.807) is 0 Å². The van der Waals surface area contributed by atoms with Crippen LogP contribution in [-0.4, -0.2) is 23.5 Å². The highest BCUT2D eigenvalue weighted by Crippen LogP contribution is 2.23. The molecule has 0 aliphatic heterocycles. The summed E-state index contributed by atoms with van der Waals surface area (Å²) in [6.07, 6.45) is 2.13. The summed E-state index contributed by atoms with van der Waals surface area (Å²) in [7, 11) is 0. The maximum Gasteiger partial charge on any atom is 0.129 e. The Labute approximate surface area is 120 Å². The number of halogens is 2. The molecule has 1 atom stereocenters. The number of nitrogens with zero attached hydrogens (tertiary/aromatic N) is 2. The number of benzene rings is 1. The van der Waals surface area contributed by atoms with Gasteiger partial charge in [0.05, 0.1) is 6.07 Å². The first kappa shape index (κ1) is 16.6. The minimum absolute atomic E-state index is 0.260. The topological polar surface area (TPSA) is 27.0 Å². The maximum atomic E-state index is 13.8. The van der Waals surface area contributed by atoms with Gasteiger partial charge in [-0.3, -0.25) is 4.90 Å². The van der Waals surface area contributed by atoms with Crippen molar-refractivity contribution in [3.05, 3.63) is 35.4 Å². The Hall–Kier alpha value is -1.47. The molecule has 1 rings (SSSR count). The smallest absolute Gasteiger partial charge is 0.129 e. The van der Waals surface area contributed by atoms with Crippen LogP contribution in [0, 0.1) is 23.0 Å². The van der Waals surface area contributed by atoms with E-state index in [4.69, 9.17) is 0 Å². The van der Waals surface area contributed by atoms with Crippen molar-refractivity contribution in [2.45, 2.75) is 45.6 Å². The van der Waals surface area contributed by atoms with E-state index >= 15 is 0 Å². The molecule has 2 nitrogen and oxygen atoms in total. The zero-order chi connectivity index (χ0) is 15.2. The van der Waals surface area contributed by atoms with Gasteiger partial charge in [0.15, 0.2) is 0 Å². The van der Waals surface area contributed by atoms with Crippen molar-refractivity contribution in [3.8, 4) is 6.07 Å². The van der Waals surface area contributed by atoms with Crippen molar-refractivity contribution >= 4 is 0 Å². The Morgan fingerprint density at radius 1 is 1.20 bits per heavy atom. The number of rotatable bonds is 7. The molecule has 110 valence electrons. The van der Waals surface area contributed by atoms with E-state index in [0.29, 0.717) is 5.56 Å². The van der Waals surface area contributed by atoms with E-state index in [1.807, 2.05) is 6.92 Å². The zero-order valence-electron chi connectivity index (χ0n) is 12.4. The van der Waals surface area contributed by atoms with E-state index in [1.165, 1.54) is 12.1 Å². The van der Waals surface area contributed by atoms with E-state index < -0.39 is 17.2 Å². The largest absolute Gasteiger partial charge is 0.286 e. The highest BCUT2D eigenvalue weighted by Gasteiger charge is 2.32. The molecule has 1 aromatic carbocycles. The lowest BCUT2D eigenvalue weighted by atomic mass is 9.91. The average molecular weight is 280 g/mol. The summed E-state index contributed by atoms with van der Waals surface area (Å²) in [5.41, 5.74) is -0.391. The molecule has 0 bridgehead atoms. The van der Waals surface area contributed by atoms with Crippen molar-refractivity contribution < 1.29 is 8.78 Å². The lowest BCUT2D eigenvalue weighted by Crippen LogP contribution is -2.48. The fraction of sp³-hybridized carbons (Fsp3) is 0.562. The predicted octanol–water partition coefficient (Wildman–Crippen LogP) is 3.91. The second-order valence-corrected chi connectivity index (χ2v) is 5.29. The van der Waals surface area contributed by atoms with Crippen molar-refractivity contribution in [1.82, 2.24) is 4.90 Å². The molecule has 0 spiro atoms. The van der Waals surface area contributed by atoms with Gasteiger partial charge in [-0.2, -0.15) is 5.26 Å². The van der Waals surface area contributed by atoms with Crippen molar-refractivity contribution in [1.29, 1.82) is 5.26 Å². The Bertz CT molecular complexity index is 476. The molecule has 1 unspecified atom stereocenters. The molecule has 0 aliphatic rings. The molecule has 0 N–H and O–H groups in total. The van der Waals surface area contributed by atoms with Crippen LogP contribution in [0.5, 0.6) is 0 Å². The van der Waals surface area contributed by atoms with Gasteiger partial charge in [0, 0.05) is 12.5 Å². The van der Waals surface area contributed by atoms with Gasteiger partial charge in [0.25, 0.3) is 0 Å². The third-order valence-corrected chi connectivity index (χ3v) is 3.48. The van der Waals surface area contributed by atoms with Crippen molar-refractivity contribution in [3.63, 3.8) is 0 Å². The molecule has 0 saturated carbocycles. The zero-order valence-corrected chi connectivity index (χ0v) is 12.4. The Kier molecular flexibility index (Phi) is 6.09. The summed E-state index contributed by atoms with van der Waals surface area (Å²) in [6, 6.07) is 5.84. The third kappa shape index (κ3) is 4.01. The predicted molar refractivity (Wildman–Crippen MR) is 76.2 cm³/mol. The second kappa shape index (κ2) is 7.35. The molecule has 0 heterocycles. The molecular formula is C16H22F2N2. The van der Waals surface area contributed by atoms with Crippen LogP contribution in [0.25, 0.3) is 0 Å². The lowest BCUT2D eigenvalue weighted by Gasteiger charge is -2.36. The second-order valence-electron chi connectivity index (χ2n) is 5.29. The molecule has 0 fully saturated rings. The van der Waals surface area contributed by atoms with Gasteiger partial charge in [-0.05, 0) is 44.5 Å². The molecule has 0 aliphatic carbocycles. The van der Waals surface area contributed by atoms with Crippen LogP contribution in [0.3, 0.4) is 0 Å². The molecule has 0 aromatic heterocycles. The first-order valence-corrected chi connectivity index (χ1v) is 7.07. The number of nitriles is 1. The normalized spacial score (nSPS) is 14.1. The molecular weight excluding hydrogens is 258 g/mol. The quantitative estimate of drug-likeness (QED) is 0.757. The first-order chi connectivity index (χ1) is 9.46. The van der Waals surface area contributed by atoms with Gasteiger partial charge in [0.1, 0.15) is 17.2 Å². The number of hydrogen-bond acceptors (Lipinski definition) is 2. The molecule has 1 aromatic rings. The fourth-order valence-electron chi connectivity index (χ4n) is 2.40. The van der Waals surface area contributed by atoms with Crippen LogP contribution in [-0.2, 0) is 6.42 Å². The Balaban J connectivity index is 3.01. The van der Waals surface area contributed by atoms with Crippen LogP contribution >= 0.6 is 0 Å². The van der Waals surface area contributed by atoms with Crippen LogP contribution in [0.1, 0.15) is 39.2 Å². The number of hydrogen-bond donors (Lipinski definition) is 0. The SMILES string of the molecule is CCCN(CCC)C(C)(C#N)Cc1ccc(F)cc1F. The average Bonchev–Trinajstić information content (AvgIpc) is 2.41. The van der Waals surface area contributed by atoms with Gasteiger partial charge in [-0.15, -0.1) is 0 Å². The summed E-state index contributed by atoms with van der Waals surface area (Å²) < 4.78 is 26.7. The lowest BCUT2D eigenvalue weighted by molar-refractivity contribution is 0.150. The summed E-state index contributed by atoms with van der Waals surface area (Å²) in [5, 5.41) is 9.53. The summed E-state index contributed by atoms with van der Waals surface area (Å²) in [6.45, 7) is 7.51. The first-order valence-electron chi connectivity index (χ1n) is 7.07. The minimum atomic E-state index is -0.773. The van der Waals surface area contributed by atoms with Crippen LogP contribution < -0.4 is 0 Å². The fourth-order valence-corrected chi connectivity index (χ4v) is 2.40. The molecule has 0 amide bonds. The van der Waals surface area contributed by atoms with Gasteiger partial charge >= 0.3 is 0 Å². The maximum absolute atomic E-state index is 13.8. The van der Waals surface area contributed by atoms with Crippen molar-refractivity contribution in [2.24, 2.45) is 0 Å². The summed E-state index contributed by atoms with van der Waals surface area (Å²) >= 11 is 0. The van der Waals surface area contributed by atoms with E-state index in [9.17, 15) is 14.0 Å². The van der Waals surface area contributed by atoms with Gasteiger partial charge < -0.3 is 0 Å². The Morgan fingerprint density at radius 3 is 2.25 bits per heavy atom. The van der Waals surface area contributed by atoms with Crippen LogP contribution in [0.2, 0.25) is 0 Å². The van der Waals surface area contributed by atoms with Gasteiger partial charge in [-0.25, -0.2) is 8.78 Å². The minimum Gasteiger partial charge on any atom is -0.286 e. The Morgan fingerprint density at radius 2 is 1.80 bits per heavy atom. The standard InChI is InChI=1S/C16H22F2N2/c1-4-8-20(9-5-2)16(3,12-19)11-13-6-7-14(17)10-15(13)18/h6-7,10H,4-5,8-9,11H2,1-3H3. The van der Waals surface area contributed by atoms with Gasteiger partial charge in [-0.1, -0.05) is 19.9 Å². The van der Waals surface area contributed by atoms with Gasteiger partial charge in [0.2, 0.25) is 0 Å². The molecule has 4 heteroatoms. The molecule has 0 radical (unpaired) electrons.